The number of unbranched alkanes of at least 4 members (excludes halogenated alkanes) is 1. The van der Waals surface area contributed by atoms with E-state index in [-0.39, 0.29) is 23.5 Å². The Bertz CT molecular complexity index is 1480. The minimum absolute atomic E-state index is 0.0433. The number of rotatable bonds is 21. The molecule has 13 atom stereocenters. The third-order valence-corrected chi connectivity index (χ3v) is 10.2. The Morgan fingerprint density at radius 2 is 1.65 bits per heavy atom. The van der Waals surface area contributed by atoms with E-state index in [1.54, 1.807) is 13.0 Å². The van der Waals surface area contributed by atoms with Gasteiger partial charge in [-0.05, 0) is 55.6 Å². The molecule has 0 aliphatic carbocycles. The van der Waals surface area contributed by atoms with Crippen LogP contribution in [0.1, 0.15) is 89.9 Å². The van der Waals surface area contributed by atoms with Gasteiger partial charge in [0.05, 0.1) is 19.3 Å². The lowest BCUT2D eigenvalue weighted by molar-refractivity contribution is -0.343. The first-order valence-electron chi connectivity index (χ1n) is 19.7. The van der Waals surface area contributed by atoms with Crippen molar-refractivity contribution in [3.63, 3.8) is 0 Å². The fourth-order valence-electron chi connectivity index (χ4n) is 6.58. The maximum absolute atomic E-state index is 13.2. The zero-order valence-corrected chi connectivity index (χ0v) is 33.1. The molecule has 0 saturated carbocycles. The summed E-state index contributed by atoms with van der Waals surface area (Å²) in [7, 11) is 0. The SMILES string of the molecule is CCCC(=O)OC[C@H]1O[C@@H](O[C@H]2[C@H](OC(=O)/C=C/C=C/CC(O)C(C)CCC/C=C/C(C)CC)[C@@H](O)[C@@H](c3c(O)cc(O)cc3CO)O[C@@H]2CO)[C@H](O)[C@@H](O)[C@H]1O. The van der Waals surface area contributed by atoms with Crippen molar-refractivity contribution in [3.8, 4) is 11.5 Å². The Morgan fingerprint density at radius 3 is 2.32 bits per heavy atom. The Labute approximate surface area is 333 Å². The van der Waals surface area contributed by atoms with E-state index in [0.717, 1.165) is 43.9 Å². The molecule has 3 unspecified atom stereocenters. The zero-order chi connectivity index (χ0) is 42.2. The van der Waals surface area contributed by atoms with Crippen LogP contribution in [0.5, 0.6) is 11.5 Å². The Hall–Kier alpha value is -3.42. The van der Waals surface area contributed by atoms with E-state index in [1.165, 1.54) is 12.2 Å². The Kier molecular flexibility index (Phi) is 20.1. The number of ether oxygens (including phenoxy) is 5. The van der Waals surface area contributed by atoms with Gasteiger partial charge in [-0.1, -0.05) is 64.5 Å². The lowest BCUT2D eigenvalue weighted by atomic mass is 9.88. The van der Waals surface area contributed by atoms with Gasteiger partial charge in [-0.25, -0.2) is 4.79 Å². The average molecular weight is 811 g/mol. The van der Waals surface area contributed by atoms with Crippen LogP contribution in [0.4, 0.5) is 0 Å². The lowest BCUT2D eigenvalue weighted by Gasteiger charge is -2.47. The number of hydrogen-bond acceptors (Lipinski definition) is 16. The first kappa shape index (κ1) is 48.0. The van der Waals surface area contributed by atoms with Crippen molar-refractivity contribution in [3.05, 3.63) is 59.7 Å². The van der Waals surface area contributed by atoms with Gasteiger partial charge in [0.1, 0.15) is 66.9 Å². The van der Waals surface area contributed by atoms with E-state index in [2.05, 4.69) is 26.0 Å². The van der Waals surface area contributed by atoms with Crippen LogP contribution in [-0.2, 0) is 39.9 Å². The largest absolute Gasteiger partial charge is 0.508 e. The summed E-state index contributed by atoms with van der Waals surface area (Å²) in [6.07, 6.45) is -3.00. The molecule has 57 heavy (non-hydrogen) atoms. The summed E-state index contributed by atoms with van der Waals surface area (Å²) in [5, 5.41) is 95.5. The smallest absolute Gasteiger partial charge is 0.331 e. The van der Waals surface area contributed by atoms with Crippen molar-refractivity contribution in [2.75, 3.05) is 13.2 Å². The first-order valence-corrected chi connectivity index (χ1v) is 19.7. The number of aromatic hydroxyl groups is 2. The number of carbonyl (C=O) groups is 2. The number of carbonyl (C=O) groups excluding carboxylic acids is 2. The lowest BCUT2D eigenvalue weighted by Crippen LogP contribution is -2.64. The number of phenolic OH excluding ortho intramolecular Hbond substituents is 2. The van der Waals surface area contributed by atoms with Crippen LogP contribution in [0.2, 0.25) is 0 Å². The maximum atomic E-state index is 13.2. The van der Waals surface area contributed by atoms with Crippen LogP contribution < -0.4 is 0 Å². The Morgan fingerprint density at radius 1 is 0.912 bits per heavy atom. The Balaban J connectivity index is 1.81. The zero-order valence-electron chi connectivity index (χ0n) is 33.1. The summed E-state index contributed by atoms with van der Waals surface area (Å²) in [5.74, 6) is -2.02. The van der Waals surface area contributed by atoms with Gasteiger partial charge >= 0.3 is 11.9 Å². The molecule has 9 N–H and O–H groups in total. The second kappa shape index (κ2) is 23.9. The number of phenols is 2. The van der Waals surface area contributed by atoms with Crippen molar-refractivity contribution in [2.45, 2.75) is 147 Å². The molecule has 3 rings (SSSR count). The molecular weight excluding hydrogens is 748 g/mol. The highest BCUT2D eigenvalue weighted by Crippen LogP contribution is 2.42. The molecule has 0 aromatic heterocycles. The fourth-order valence-corrected chi connectivity index (χ4v) is 6.58. The van der Waals surface area contributed by atoms with Gasteiger partial charge in [-0.15, -0.1) is 0 Å². The van der Waals surface area contributed by atoms with Crippen molar-refractivity contribution >= 4 is 11.9 Å². The third-order valence-electron chi connectivity index (χ3n) is 10.2. The predicted molar refractivity (Wildman–Crippen MR) is 204 cm³/mol. The van der Waals surface area contributed by atoms with Crippen LogP contribution >= 0.6 is 0 Å². The van der Waals surface area contributed by atoms with E-state index in [9.17, 15) is 55.5 Å². The van der Waals surface area contributed by atoms with E-state index in [0.29, 0.717) is 18.8 Å². The topological polar surface area (TPSA) is 262 Å². The summed E-state index contributed by atoms with van der Waals surface area (Å²) in [5.41, 5.74) is -0.239. The van der Waals surface area contributed by atoms with Gasteiger partial charge in [0.2, 0.25) is 0 Å². The monoisotopic (exact) mass is 810 g/mol. The van der Waals surface area contributed by atoms with Crippen molar-refractivity contribution < 1.29 is 79.2 Å². The van der Waals surface area contributed by atoms with Gasteiger partial charge in [0, 0.05) is 24.1 Å². The number of benzene rings is 1. The fraction of sp³-hybridized carbons (Fsp3) is 0.659. The summed E-state index contributed by atoms with van der Waals surface area (Å²) < 4.78 is 28.3. The maximum Gasteiger partial charge on any atom is 0.331 e. The van der Waals surface area contributed by atoms with Crippen LogP contribution in [0.3, 0.4) is 0 Å². The molecule has 1 aromatic rings. The second-order valence-electron chi connectivity index (χ2n) is 14.7. The highest BCUT2D eigenvalue weighted by atomic mass is 16.7. The van der Waals surface area contributed by atoms with Crippen LogP contribution in [0.25, 0.3) is 0 Å². The quantitative estimate of drug-likeness (QED) is 0.0283. The molecule has 2 aliphatic heterocycles. The molecule has 2 heterocycles. The summed E-state index contributed by atoms with van der Waals surface area (Å²) in [6, 6.07) is 2.06. The first-order chi connectivity index (χ1) is 27.2. The molecule has 0 radical (unpaired) electrons. The summed E-state index contributed by atoms with van der Waals surface area (Å²) in [6.45, 7) is 5.94. The van der Waals surface area contributed by atoms with Crippen molar-refractivity contribution in [1.82, 2.24) is 0 Å². The van der Waals surface area contributed by atoms with E-state index in [1.807, 2.05) is 6.92 Å². The second-order valence-corrected chi connectivity index (χ2v) is 14.7. The molecule has 0 bridgehead atoms. The molecule has 2 aliphatic rings. The van der Waals surface area contributed by atoms with E-state index >= 15 is 0 Å². The molecule has 0 spiro atoms. The van der Waals surface area contributed by atoms with Crippen molar-refractivity contribution in [2.24, 2.45) is 11.8 Å². The molecular formula is C41H62O16. The highest BCUT2D eigenvalue weighted by molar-refractivity contribution is 5.82. The minimum atomic E-state index is -1.93. The van der Waals surface area contributed by atoms with E-state index in [4.69, 9.17) is 23.7 Å². The molecule has 16 heteroatoms. The van der Waals surface area contributed by atoms with Gasteiger partial charge in [-0.2, -0.15) is 0 Å². The summed E-state index contributed by atoms with van der Waals surface area (Å²) >= 11 is 0. The molecule has 2 fully saturated rings. The van der Waals surface area contributed by atoms with Crippen LogP contribution in [-0.4, -0.2) is 132 Å². The molecule has 16 nitrogen and oxygen atoms in total. The van der Waals surface area contributed by atoms with Gasteiger partial charge in [0.15, 0.2) is 12.4 Å². The molecule has 0 amide bonds. The number of allylic oxidation sites excluding steroid dienone is 4. The number of esters is 2. The van der Waals surface area contributed by atoms with E-state index < -0.39 is 111 Å². The van der Waals surface area contributed by atoms with Gasteiger partial charge < -0.3 is 69.6 Å². The normalized spacial score (nSPS) is 29.8. The summed E-state index contributed by atoms with van der Waals surface area (Å²) in [4.78, 5) is 25.2. The van der Waals surface area contributed by atoms with Crippen LogP contribution in [0.15, 0.2) is 48.6 Å². The molecule has 2 saturated heterocycles. The van der Waals surface area contributed by atoms with Crippen molar-refractivity contribution in [1.29, 1.82) is 0 Å². The predicted octanol–water partition coefficient (Wildman–Crippen LogP) is 2.10. The number of hydrogen-bond donors (Lipinski definition) is 9. The minimum Gasteiger partial charge on any atom is -0.508 e. The standard InChI is InChI=1S/C41H62O16/c1-5-13-31(47)53-22-30-34(49)35(50)36(51)41(55-30)57-38-29(21-43)54-39(33-25(20-42)18-26(44)19-28(33)46)37(52)40(38)56-32(48)17-12-8-11-16-27(45)24(4)15-10-7-9-14-23(3)6-2/h8-9,11-12,14,17-19,23-24,27,29-30,34-46,49-52H,5-7,10,13,15-16,20-22H2,1-4H3/b11-8+,14-9+,17-12+/t23?,24?,27?,29-,30-,34+,35+,36-,37+,38-,39-,40-,41+/m1/s1. The van der Waals surface area contributed by atoms with Gasteiger partial charge in [-0.3, -0.25) is 4.79 Å². The number of aliphatic hydroxyl groups is 7. The molecule has 1 aromatic carbocycles. The van der Waals surface area contributed by atoms with Crippen LogP contribution in [0, 0.1) is 11.8 Å². The third kappa shape index (κ3) is 13.8. The highest BCUT2D eigenvalue weighted by Gasteiger charge is 2.53. The average Bonchev–Trinajstić information content (AvgIpc) is 3.18. The van der Waals surface area contributed by atoms with Gasteiger partial charge in [0.25, 0.3) is 0 Å². The molecule has 322 valence electrons. The number of aliphatic hydroxyl groups excluding tert-OH is 7.